The van der Waals surface area contributed by atoms with Crippen molar-refractivity contribution in [2.75, 3.05) is 5.73 Å². The second kappa shape index (κ2) is 2.77. The molecule has 0 spiro atoms. The van der Waals surface area contributed by atoms with Crippen molar-refractivity contribution < 1.29 is 0 Å². The van der Waals surface area contributed by atoms with E-state index >= 15 is 0 Å². The lowest BCUT2D eigenvalue weighted by Gasteiger charge is -2.06. The van der Waals surface area contributed by atoms with Gasteiger partial charge in [0.05, 0.1) is 0 Å². The lowest BCUT2D eigenvalue weighted by Crippen LogP contribution is -1.92. The minimum atomic E-state index is 0.792. The number of hydrogen-bond acceptors (Lipinski definition) is 1. The van der Waals surface area contributed by atoms with Crippen molar-refractivity contribution in [2.45, 2.75) is 25.7 Å². The number of halogens is 1. The van der Waals surface area contributed by atoms with Crippen LogP contribution in [0.1, 0.15) is 29.9 Å². The van der Waals surface area contributed by atoms with Crippen LogP contribution in [-0.4, -0.2) is 0 Å². The average molecular weight is 226 g/mol. The molecule has 2 heteroatoms. The predicted molar refractivity (Wildman–Crippen MR) is 55.3 cm³/mol. The highest BCUT2D eigenvalue weighted by molar-refractivity contribution is 9.10. The predicted octanol–water partition coefficient (Wildman–Crippen LogP) is 3.22. The summed E-state index contributed by atoms with van der Waals surface area (Å²) in [5, 5.41) is 0. The van der Waals surface area contributed by atoms with Crippen LogP contribution < -0.4 is 5.73 Å². The molecule has 1 aromatic rings. The first-order chi connectivity index (χ1) is 5.68. The van der Waals surface area contributed by atoms with Gasteiger partial charge in [-0.25, -0.2) is 0 Å². The molecular weight excluding hydrogens is 214 g/mol. The number of benzene rings is 1. The van der Waals surface area contributed by atoms with E-state index in [1.54, 1.807) is 0 Å². The van der Waals surface area contributed by atoms with Crippen LogP contribution in [0.4, 0.5) is 5.69 Å². The standard InChI is InChI=1S/C10H12BrN/c1-6-4-9(11)10(12)5-8(6)7-2-3-7/h4-5,7H,2-3,12H2,1H3. The molecule has 0 unspecified atom stereocenters. The molecule has 1 aliphatic carbocycles. The molecule has 1 aromatic carbocycles. The summed E-state index contributed by atoms with van der Waals surface area (Å²) in [6.07, 6.45) is 2.67. The van der Waals surface area contributed by atoms with E-state index in [2.05, 4.69) is 35.0 Å². The zero-order valence-electron chi connectivity index (χ0n) is 7.10. The number of hydrogen-bond donors (Lipinski definition) is 1. The highest BCUT2D eigenvalue weighted by atomic mass is 79.9. The summed E-state index contributed by atoms with van der Waals surface area (Å²) in [6.45, 7) is 2.15. The molecule has 2 N–H and O–H groups in total. The van der Waals surface area contributed by atoms with Crippen molar-refractivity contribution in [2.24, 2.45) is 0 Å². The van der Waals surface area contributed by atoms with Crippen molar-refractivity contribution in [3.05, 3.63) is 27.7 Å². The molecule has 0 atom stereocenters. The highest BCUT2D eigenvalue weighted by Gasteiger charge is 2.25. The van der Waals surface area contributed by atoms with E-state index in [0.29, 0.717) is 0 Å². The van der Waals surface area contributed by atoms with Gasteiger partial charge in [-0.3, -0.25) is 0 Å². The van der Waals surface area contributed by atoms with E-state index in [1.165, 1.54) is 24.0 Å². The third kappa shape index (κ3) is 1.36. The monoisotopic (exact) mass is 225 g/mol. The zero-order valence-corrected chi connectivity index (χ0v) is 8.69. The van der Waals surface area contributed by atoms with Gasteiger partial charge in [-0.15, -0.1) is 0 Å². The third-order valence-electron chi connectivity index (χ3n) is 2.40. The fourth-order valence-corrected chi connectivity index (χ4v) is 2.00. The molecule has 1 aliphatic rings. The maximum absolute atomic E-state index is 5.81. The van der Waals surface area contributed by atoms with Crippen LogP contribution in [0.15, 0.2) is 16.6 Å². The maximum atomic E-state index is 5.81. The van der Waals surface area contributed by atoms with E-state index in [1.807, 2.05) is 0 Å². The first kappa shape index (κ1) is 8.11. The summed E-state index contributed by atoms with van der Waals surface area (Å²) in [4.78, 5) is 0. The Morgan fingerprint density at radius 1 is 1.42 bits per heavy atom. The molecule has 0 aliphatic heterocycles. The van der Waals surface area contributed by atoms with E-state index in [9.17, 15) is 0 Å². The van der Waals surface area contributed by atoms with Crippen molar-refractivity contribution in [1.29, 1.82) is 0 Å². The molecule has 0 heterocycles. The Balaban J connectivity index is 2.47. The first-order valence-electron chi connectivity index (χ1n) is 4.24. The Morgan fingerprint density at radius 3 is 2.67 bits per heavy atom. The van der Waals surface area contributed by atoms with Gasteiger partial charge >= 0.3 is 0 Å². The molecule has 0 bridgehead atoms. The van der Waals surface area contributed by atoms with Gasteiger partial charge in [0.2, 0.25) is 0 Å². The molecule has 64 valence electrons. The summed E-state index contributed by atoms with van der Waals surface area (Å²) in [5.74, 6) is 0.792. The van der Waals surface area contributed by atoms with Crippen LogP contribution >= 0.6 is 15.9 Å². The number of aryl methyl sites for hydroxylation is 1. The van der Waals surface area contributed by atoms with Gasteiger partial charge in [-0.05, 0) is 64.9 Å². The van der Waals surface area contributed by atoms with Gasteiger partial charge in [0.1, 0.15) is 0 Å². The number of anilines is 1. The molecule has 0 amide bonds. The molecule has 0 radical (unpaired) electrons. The van der Waals surface area contributed by atoms with Crippen LogP contribution in [0.25, 0.3) is 0 Å². The quantitative estimate of drug-likeness (QED) is 0.731. The Morgan fingerprint density at radius 2 is 2.08 bits per heavy atom. The molecular formula is C10H12BrN. The Hall–Kier alpha value is -0.500. The summed E-state index contributed by atoms with van der Waals surface area (Å²) >= 11 is 3.42. The van der Waals surface area contributed by atoms with Crippen LogP contribution in [-0.2, 0) is 0 Å². The molecule has 0 saturated heterocycles. The third-order valence-corrected chi connectivity index (χ3v) is 3.09. The fraction of sp³-hybridized carbons (Fsp3) is 0.400. The molecule has 1 saturated carbocycles. The minimum absolute atomic E-state index is 0.792. The van der Waals surface area contributed by atoms with Crippen molar-refractivity contribution in [3.63, 3.8) is 0 Å². The van der Waals surface area contributed by atoms with Crippen LogP contribution in [0.5, 0.6) is 0 Å². The number of nitrogen functional groups attached to an aromatic ring is 1. The van der Waals surface area contributed by atoms with E-state index in [4.69, 9.17) is 5.73 Å². The number of rotatable bonds is 1. The molecule has 2 rings (SSSR count). The van der Waals surface area contributed by atoms with Gasteiger partial charge in [-0.2, -0.15) is 0 Å². The second-order valence-electron chi connectivity index (χ2n) is 3.50. The van der Waals surface area contributed by atoms with Crippen LogP contribution in [0, 0.1) is 6.92 Å². The maximum Gasteiger partial charge on any atom is 0.0461 e. The molecule has 1 nitrogen and oxygen atoms in total. The lowest BCUT2D eigenvalue weighted by atomic mass is 10.0. The Bertz CT molecular complexity index is 316. The van der Waals surface area contributed by atoms with E-state index < -0.39 is 0 Å². The van der Waals surface area contributed by atoms with Gasteiger partial charge in [0.15, 0.2) is 0 Å². The zero-order chi connectivity index (χ0) is 8.72. The Kier molecular flexibility index (Phi) is 1.87. The summed E-state index contributed by atoms with van der Waals surface area (Å²) < 4.78 is 1.02. The normalized spacial score (nSPS) is 16.5. The highest BCUT2D eigenvalue weighted by Crippen LogP contribution is 2.43. The van der Waals surface area contributed by atoms with Gasteiger partial charge < -0.3 is 5.73 Å². The van der Waals surface area contributed by atoms with Gasteiger partial charge in [0.25, 0.3) is 0 Å². The topological polar surface area (TPSA) is 26.0 Å². The summed E-state index contributed by atoms with van der Waals surface area (Å²) in [5.41, 5.74) is 9.47. The number of nitrogens with two attached hydrogens (primary N) is 1. The smallest absolute Gasteiger partial charge is 0.0461 e. The van der Waals surface area contributed by atoms with Crippen LogP contribution in [0.3, 0.4) is 0 Å². The molecule has 0 aromatic heterocycles. The lowest BCUT2D eigenvalue weighted by molar-refractivity contribution is 1.10. The first-order valence-corrected chi connectivity index (χ1v) is 5.03. The van der Waals surface area contributed by atoms with Gasteiger partial charge in [0, 0.05) is 10.2 Å². The Labute approximate surface area is 81.1 Å². The molecule has 1 fully saturated rings. The summed E-state index contributed by atoms with van der Waals surface area (Å²) in [6, 6.07) is 4.22. The van der Waals surface area contributed by atoms with E-state index in [0.717, 1.165) is 16.1 Å². The summed E-state index contributed by atoms with van der Waals surface area (Å²) in [7, 11) is 0. The fourth-order valence-electron chi connectivity index (χ4n) is 1.54. The van der Waals surface area contributed by atoms with Crippen molar-refractivity contribution >= 4 is 21.6 Å². The van der Waals surface area contributed by atoms with E-state index in [-0.39, 0.29) is 0 Å². The molecule has 12 heavy (non-hydrogen) atoms. The average Bonchev–Trinajstić information content (AvgIpc) is 2.79. The van der Waals surface area contributed by atoms with Gasteiger partial charge in [-0.1, -0.05) is 0 Å². The second-order valence-corrected chi connectivity index (χ2v) is 4.36. The van der Waals surface area contributed by atoms with Crippen LogP contribution in [0.2, 0.25) is 0 Å². The SMILES string of the molecule is Cc1cc(Br)c(N)cc1C1CC1. The van der Waals surface area contributed by atoms with Crippen molar-refractivity contribution in [1.82, 2.24) is 0 Å². The van der Waals surface area contributed by atoms with Crippen molar-refractivity contribution in [3.8, 4) is 0 Å². The largest absolute Gasteiger partial charge is 0.398 e. The minimum Gasteiger partial charge on any atom is -0.398 e.